The Balaban J connectivity index is 2.52. The third-order valence-electron chi connectivity index (χ3n) is 4.41. The molecule has 0 saturated carbocycles. The van der Waals surface area contributed by atoms with Gasteiger partial charge in [0.25, 0.3) is 0 Å². The number of benzene rings is 2. The second kappa shape index (κ2) is 9.32. The SMILES string of the molecule is COC(=O)N(Cc1cc(C(F)(F)F)cc(C(F)(F)F)c1)Cc1cc(C(F)(F)F)ccc1C=O. The van der Waals surface area contributed by atoms with Gasteiger partial charge in [-0.3, -0.25) is 9.69 Å². The van der Waals surface area contributed by atoms with Crippen LogP contribution in [0.5, 0.6) is 0 Å². The number of nitrogens with zero attached hydrogens (tertiary/aromatic N) is 1. The van der Waals surface area contributed by atoms with Crippen LogP contribution >= 0.6 is 0 Å². The van der Waals surface area contributed by atoms with Crippen molar-refractivity contribution in [1.29, 1.82) is 0 Å². The molecule has 0 aromatic heterocycles. The number of ether oxygens (including phenoxy) is 1. The van der Waals surface area contributed by atoms with Gasteiger partial charge in [-0.05, 0) is 41.5 Å². The van der Waals surface area contributed by atoms with Crippen LogP contribution in [0.3, 0.4) is 0 Å². The Labute approximate surface area is 180 Å². The van der Waals surface area contributed by atoms with Gasteiger partial charge < -0.3 is 4.74 Å². The number of methoxy groups -OCH3 is 1. The standard InChI is InChI=1S/C20H14F9NO3/c1-33-17(32)30(9-13-6-14(18(21,22)23)3-2-12(13)10-31)8-11-4-15(19(24,25)26)7-16(5-11)20(27,28)29/h2-7,10H,8-9H2,1H3. The van der Waals surface area contributed by atoms with Crippen molar-refractivity contribution in [3.63, 3.8) is 0 Å². The van der Waals surface area contributed by atoms with Crippen molar-refractivity contribution in [3.05, 3.63) is 69.8 Å². The minimum absolute atomic E-state index is 0.108. The zero-order chi connectivity index (χ0) is 25.2. The predicted octanol–water partition coefficient (Wildman–Crippen LogP) is 6.32. The molecule has 0 bridgehead atoms. The van der Waals surface area contributed by atoms with Crippen molar-refractivity contribution in [2.45, 2.75) is 31.6 Å². The van der Waals surface area contributed by atoms with Gasteiger partial charge in [0.1, 0.15) is 6.29 Å². The molecule has 2 aromatic carbocycles. The quantitative estimate of drug-likeness (QED) is 0.366. The third-order valence-corrected chi connectivity index (χ3v) is 4.41. The molecule has 0 fully saturated rings. The summed E-state index contributed by atoms with van der Waals surface area (Å²) in [5, 5.41) is 0. The third kappa shape index (κ3) is 6.62. The van der Waals surface area contributed by atoms with Gasteiger partial charge in [0.2, 0.25) is 0 Å². The predicted molar refractivity (Wildman–Crippen MR) is 94.9 cm³/mol. The average molecular weight is 487 g/mol. The Morgan fingerprint density at radius 2 is 1.33 bits per heavy atom. The van der Waals surface area contributed by atoms with Crippen molar-refractivity contribution in [3.8, 4) is 0 Å². The Bertz CT molecular complexity index is 995. The summed E-state index contributed by atoms with van der Waals surface area (Å²) in [6, 6.07) is 2.62. The molecule has 33 heavy (non-hydrogen) atoms. The molecule has 0 spiro atoms. The maximum absolute atomic E-state index is 13.1. The van der Waals surface area contributed by atoms with E-state index in [2.05, 4.69) is 4.74 Å². The van der Waals surface area contributed by atoms with Gasteiger partial charge in [0.15, 0.2) is 0 Å². The fraction of sp³-hybridized carbons (Fsp3) is 0.300. The molecule has 0 heterocycles. The number of hydrogen-bond donors (Lipinski definition) is 0. The number of alkyl halides is 9. The molecule has 0 atom stereocenters. The fourth-order valence-electron chi connectivity index (χ4n) is 2.88. The number of carbonyl (C=O) groups is 2. The second-order valence-electron chi connectivity index (χ2n) is 6.77. The van der Waals surface area contributed by atoms with Crippen LogP contribution in [0.15, 0.2) is 36.4 Å². The van der Waals surface area contributed by atoms with Crippen LogP contribution < -0.4 is 0 Å². The monoisotopic (exact) mass is 487 g/mol. The van der Waals surface area contributed by atoms with Crippen LogP contribution in [0.25, 0.3) is 0 Å². The van der Waals surface area contributed by atoms with E-state index < -0.39 is 60.0 Å². The summed E-state index contributed by atoms with van der Waals surface area (Å²) in [5.41, 5.74) is -5.66. The molecule has 4 nitrogen and oxygen atoms in total. The first-order chi connectivity index (χ1) is 15.1. The molecule has 0 radical (unpaired) electrons. The second-order valence-corrected chi connectivity index (χ2v) is 6.77. The number of hydrogen-bond acceptors (Lipinski definition) is 3. The maximum atomic E-state index is 13.1. The highest BCUT2D eigenvalue weighted by Crippen LogP contribution is 2.37. The Kier molecular flexibility index (Phi) is 7.34. The summed E-state index contributed by atoms with van der Waals surface area (Å²) in [7, 11) is 0.857. The number of aldehydes is 1. The molecule has 0 N–H and O–H groups in total. The van der Waals surface area contributed by atoms with Crippen LogP contribution in [0.4, 0.5) is 44.3 Å². The highest BCUT2D eigenvalue weighted by atomic mass is 19.4. The van der Waals surface area contributed by atoms with Crippen LogP contribution in [0, 0.1) is 0 Å². The lowest BCUT2D eigenvalue weighted by Crippen LogP contribution is -2.31. The summed E-state index contributed by atoms with van der Waals surface area (Å²) in [6.07, 6.45) is -16.2. The lowest BCUT2D eigenvalue weighted by molar-refractivity contribution is -0.143. The molecule has 13 heteroatoms. The first-order valence-electron chi connectivity index (χ1n) is 8.82. The van der Waals surface area contributed by atoms with E-state index in [1.54, 1.807) is 0 Å². The van der Waals surface area contributed by atoms with Gasteiger partial charge in [-0.2, -0.15) is 39.5 Å². The highest BCUT2D eigenvalue weighted by molar-refractivity contribution is 5.78. The number of halogens is 9. The highest BCUT2D eigenvalue weighted by Gasteiger charge is 2.37. The van der Waals surface area contributed by atoms with E-state index in [0.29, 0.717) is 29.2 Å². The Hall–Kier alpha value is -3.25. The summed E-state index contributed by atoms with van der Waals surface area (Å²) < 4.78 is 122. The minimum Gasteiger partial charge on any atom is -0.453 e. The lowest BCUT2D eigenvalue weighted by atomic mass is 10.0. The van der Waals surface area contributed by atoms with Crippen molar-refractivity contribution in [2.24, 2.45) is 0 Å². The molecule has 1 amide bonds. The molecule has 0 unspecified atom stereocenters. The van der Waals surface area contributed by atoms with Crippen molar-refractivity contribution in [1.82, 2.24) is 4.90 Å². The number of carbonyl (C=O) groups excluding carboxylic acids is 2. The average Bonchev–Trinajstić information content (AvgIpc) is 2.70. The van der Waals surface area contributed by atoms with Crippen LogP contribution in [0.1, 0.15) is 38.2 Å². The van der Waals surface area contributed by atoms with E-state index in [1.807, 2.05) is 0 Å². The maximum Gasteiger partial charge on any atom is 0.416 e. The first kappa shape index (κ1) is 26.0. The Morgan fingerprint density at radius 3 is 1.76 bits per heavy atom. The first-order valence-corrected chi connectivity index (χ1v) is 8.82. The topological polar surface area (TPSA) is 46.6 Å². The molecule has 2 rings (SSSR count). The van der Waals surface area contributed by atoms with Crippen LogP contribution in [0.2, 0.25) is 0 Å². The summed E-state index contributed by atoms with van der Waals surface area (Å²) in [4.78, 5) is 23.9. The van der Waals surface area contributed by atoms with Crippen molar-refractivity contribution in [2.75, 3.05) is 7.11 Å². The van der Waals surface area contributed by atoms with Gasteiger partial charge in [0, 0.05) is 12.1 Å². The fourth-order valence-corrected chi connectivity index (χ4v) is 2.88. The van der Waals surface area contributed by atoms with Gasteiger partial charge in [0.05, 0.1) is 30.3 Å². The summed E-state index contributed by atoms with van der Waals surface area (Å²) in [5.74, 6) is 0. The van der Waals surface area contributed by atoms with E-state index in [1.165, 1.54) is 0 Å². The van der Waals surface area contributed by atoms with E-state index in [9.17, 15) is 49.1 Å². The van der Waals surface area contributed by atoms with E-state index in [4.69, 9.17) is 0 Å². The summed E-state index contributed by atoms with van der Waals surface area (Å²) in [6.45, 7) is -1.64. The normalized spacial score (nSPS) is 12.4. The van der Waals surface area contributed by atoms with Gasteiger partial charge in [-0.1, -0.05) is 6.07 Å². The molecule has 0 aliphatic heterocycles. The van der Waals surface area contributed by atoms with E-state index in [0.717, 1.165) is 13.2 Å². The largest absolute Gasteiger partial charge is 0.453 e. The lowest BCUT2D eigenvalue weighted by Gasteiger charge is -2.24. The number of rotatable bonds is 5. The number of amides is 1. The zero-order valence-electron chi connectivity index (χ0n) is 16.5. The molecular weight excluding hydrogens is 473 g/mol. The smallest absolute Gasteiger partial charge is 0.416 e. The van der Waals surface area contributed by atoms with Gasteiger partial charge >= 0.3 is 24.6 Å². The van der Waals surface area contributed by atoms with E-state index in [-0.39, 0.29) is 23.5 Å². The molecule has 2 aromatic rings. The molecule has 0 aliphatic rings. The van der Waals surface area contributed by atoms with Crippen molar-refractivity contribution < 1.29 is 53.8 Å². The summed E-state index contributed by atoms with van der Waals surface area (Å²) >= 11 is 0. The Morgan fingerprint density at radius 1 is 0.818 bits per heavy atom. The van der Waals surface area contributed by atoms with Gasteiger partial charge in [-0.15, -0.1) is 0 Å². The van der Waals surface area contributed by atoms with Gasteiger partial charge in [-0.25, -0.2) is 4.79 Å². The molecule has 0 aliphatic carbocycles. The zero-order valence-corrected chi connectivity index (χ0v) is 16.5. The van der Waals surface area contributed by atoms with E-state index >= 15 is 0 Å². The molecule has 180 valence electrons. The van der Waals surface area contributed by atoms with Crippen molar-refractivity contribution >= 4 is 12.4 Å². The molecule has 0 saturated heterocycles. The van der Waals surface area contributed by atoms with Crippen LogP contribution in [-0.4, -0.2) is 24.4 Å². The molecular formula is C20H14F9NO3. The van der Waals surface area contributed by atoms with Crippen LogP contribution in [-0.2, 0) is 36.4 Å². The minimum atomic E-state index is -5.14.